The van der Waals surface area contributed by atoms with Crippen molar-refractivity contribution in [3.8, 4) is 11.1 Å². The number of rotatable bonds is 12. The van der Waals surface area contributed by atoms with Crippen LogP contribution in [0.15, 0.2) is 45.3 Å². The highest BCUT2D eigenvalue weighted by Crippen LogP contribution is 2.55. The molecule has 2 aromatic rings. The summed E-state index contributed by atoms with van der Waals surface area (Å²) in [5, 5.41) is 0. The summed E-state index contributed by atoms with van der Waals surface area (Å²) in [6.07, 6.45) is 8.50. The van der Waals surface area contributed by atoms with Gasteiger partial charge in [-0.2, -0.15) is 0 Å². The smallest absolute Gasteiger partial charge is 0.0700 e. The van der Waals surface area contributed by atoms with E-state index in [1.54, 1.807) is 7.11 Å². The standard InChI is InChI=1S/C25H32Br2O2/c1-3-4-5-6-12-25(13-7-14-29-16-15-28-2)23-17-19(26)8-10-21(23)22-11-9-20(27)18-24(22)25/h8-11,17-18H,3-7,12-16H2,1-2H3. The van der Waals surface area contributed by atoms with E-state index < -0.39 is 0 Å². The summed E-state index contributed by atoms with van der Waals surface area (Å²) < 4.78 is 13.2. The van der Waals surface area contributed by atoms with E-state index in [1.165, 1.54) is 54.4 Å². The van der Waals surface area contributed by atoms with Gasteiger partial charge in [0.15, 0.2) is 0 Å². The van der Waals surface area contributed by atoms with Crippen LogP contribution in [0.5, 0.6) is 0 Å². The first kappa shape index (κ1) is 23.0. The summed E-state index contributed by atoms with van der Waals surface area (Å²) in [7, 11) is 1.72. The maximum atomic E-state index is 5.80. The number of hydrogen-bond donors (Lipinski definition) is 0. The molecule has 0 spiro atoms. The summed E-state index contributed by atoms with van der Waals surface area (Å²) in [4.78, 5) is 0. The molecule has 1 aliphatic rings. The van der Waals surface area contributed by atoms with E-state index in [0.717, 1.165) is 28.4 Å². The molecule has 0 unspecified atom stereocenters. The Morgan fingerprint density at radius 2 is 1.38 bits per heavy atom. The Hall–Kier alpha value is -0.680. The van der Waals surface area contributed by atoms with Crippen molar-refractivity contribution in [2.24, 2.45) is 0 Å². The third kappa shape index (κ3) is 5.33. The number of hydrogen-bond acceptors (Lipinski definition) is 2. The first-order chi connectivity index (χ1) is 14.1. The third-order valence-corrected chi connectivity index (χ3v) is 7.05. The first-order valence-electron chi connectivity index (χ1n) is 10.8. The lowest BCUT2D eigenvalue weighted by Gasteiger charge is -2.33. The van der Waals surface area contributed by atoms with Gasteiger partial charge in [-0.1, -0.05) is 76.6 Å². The molecule has 0 amide bonds. The Balaban J connectivity index is 1.92. The van der Waals surface area contributed by atoms with E-state index in [4.69, 9.17) is 9.47 Å². The molecular weight excluding hydrogens is 492 g/mol. The minimum absolute atomic E-state index is 0.0661. The van der Waals surface area contributed by atoms with Gasteiger partial charge >= 0.3 is 0 Å². The normalized spacial score (nSPS) is 14.1. The molecule has 3 rings (SSSR count). The van der Waals surface area contributed by atoms with Crippen LogP contribution in [-0.4, -0.2) is 26.9 Å². The fourth-order valence-corrected chi connectivity index (χ4v) is 5.40. The lowest BCUT2D eigenvalue weighted by Crippen LogP contribution is -2.26. The van der Waals surface area contributed by atoms with Gasteiger partial charge in [-0.15, -0.1) is 0 Å². The second-order valence-corrected chi connectivity index (χ2v) is 9.81. The minimum Gasteiger partial charge on any atom is -0.382 e. The number of halogens is 2. The van der Waals surface area contributed by atoms with Crippen molar-refractivity contribution in [1.29, 1.82) is 0 Å². The van der Waals surface area contributed by atoms with Crippen LogP contribution in [-0.2, 0) is 14.9 Å². The van der Waals surface area contributed by atoms with Crippen molar-refractivity contribution >= 4 is 31.9 Å². The SMILES string of the molecule is CCCCCCC1(CCCOCCOC)c2cc(Br)ccc2-c2ccc(Br)cc21. The summed E-state index contributed by atoms with van der Waals surface area (Å²) in [6.45, 7) is 4.40. The van der Waals surface area contributed by atoms with E-state index in [-0.39, 0.29) is 5.41 Å². The maximum absolute atomic E-state index is 5.80. The lowest BCUT2D eigenvalue weighted by molar-refractivity contribution is 0.0668. The number of fused-ring (bicyclic) bond motifs is 3. The van der Waals surface area contributed by atoms with Crippen molar-refractivity contribution in [3.63, 3.8) is 0 Å². The summed E-state index contributed by atoms with van der Waals surface area (Å²) >= 11 is 7.46. The molecule has 0 bridgehead atoms. The fraction of sp³-hybridized carbons (Fsp3) is 0.520. The van der Waals surface area contributed by atoms with Gasteiger partial charge in [-0.25, -0.2) is 0 Å². The zero-order valence-corrected chi connectivity index (χ0v) is 20.8. The molecule has 2 aromatic carbocycles. The van der Waals surface area contributed by atoms with Crippen LogP contribution in [0.2, 0.25) is 0 Å². The van der Waals surface area contributed by atoms with E-state index in [0.29, 0.717) is 13.2 Å². The summed E-state index contributed by atoms with van der Waals surface area (Å²) in [5.41, 5.74) is 5.82. The van der Waals surface area contributed by atoms with Crippen LogP contribution >= 0.6 is 31.9 Å². The second-order valence-electron chi connectivity index (χ2n) is 7.98. The largest absolute Gasteiger partial charge is 0.382 e. The van der Waals surface area contributed by atoms with E-state index >= 15 is 0 Å². The van der Waals surface area contributed by atoms with Crippen molar-refractivity contribution in [2.45, 2.75) is 57.3 Å². The van der Waals surface area contributed by atoms with E-state index in [2.05, 4.69) is 75.2 Å². The van der Waals surface area contributed by atoms with Crippen LogP contribution in [0.4, 0.5) is 0 Å². The molecule has 0 N–H and O–H groups in total. The Kier molecular flexibility index (Phi) is 8.79. The maximum Gasteiger partial charge on any atom is 0.0700 e. The molecule has 0 aromatic heterocycles. The summed E-state index contributed by atoms with van der Waals surface area (Å²) in [5.74, 6) is 0. The highest BCUT2D eigenvalue weighted by molar-refractivity contribution is 9.10. The van der Waals surface area contributed by atoms with Gasteiger partial charge < -0.3 is 9.47 Å². The van der Waals surface area contributed by atoms with Gasteiger partial charge in [-0.3, -0.25) is 0 Å². The van der Waals surface area contributed by atoms with E-state index in [9.17, 15) is 0 Å². The Labute approximate surface area is 192 Å². The second kappa shape index (κ2) is 11.1. The van der Waals surface area contributed by atoms with Gasteiger partial charge in [0.2, 0.25) is 0 Å². The van der Waals surface area contributed by atoms with Gasteiger partial charge in [-0.05, 0) is 65.8 Å². The molecule has 0 heterocycles. The highest BCUT2D eigenvalue weighted by Gasteiger charge is 2.42. The quantitative estimate of drug-likeness (QED) is 0.263. The third-order valence-electron chi connectivity index (χ3n) is 6.07. The Morgan fingerprint density at radius 1 is 0.759 bits per heavy atom. The monoisotopic (exact) mass is 522 g/mol. The van der Waals surface area contributed by atoms with Crippen molar-refractivity contribution in [2.75, 3.05) is 26.9 Å². The van der Waals surface area contributed by atoms with Gasteiger partial charge in [0.1, 0.15) is 0 Å². The molecule has 4 heteroatoms. The molecular formula is C25H32Br2O2. The van der Waals surface area contributed by atoms with Gasteiger partial charge in [0.05, 0.1) is 13.2 Å². The lowest BCUT2D eigenvalue weighted by atomic mass is 9.71. The molecule has 0 saturated carbocycles. The van der Waals surface area contributed by atoms with Gasteiger partial charge in [0.25, 0.3) is 0 Å². The topological polar surface area (TPSA) is 18.5 Å². The van der Waals surface area contributed by atoms with Crippen LogP contribution in [0.25, 0.3) is 11.1 Å². The van der Waals surface area contributed by atoms with Crippen molar-refractivity contribution in [1.82, 2.24) is 0 Å². The molecule has 0 atom stereocenters. The number of methoxy groups -OCH3 is 1. The van der Waals surface area contributed by atoms with Crippen LogP contribution in [0.3, 0.4) is 0 Å². The molecule has 29 heavy (non-hydrogen) atoms. The Morgan fingerprint density at radius 3 is 1.97 bits per heavy atom. The highest BCUT2D eigenvalue weighted by atomic mass is 79.9. The number of benzene rings is 2. The van der Waals surface area contributed by atoms with E-state index in [1.807, 2.05) is 0 Å². The zero-order chi connectivity index (χ0) is 20.7. The first-order valence-corrected chi connectivity index (χ1v) is 12.4. The molecule has 2 nitrogen and oxygen atoms in total. The fourth-order valence-electron chi connectivity index (χ4n) is 4.68. The summed E-state index contributed by atoms with van der Waals surface area (Å²) in [6, 6.07) is 13.6. The molecule has 0 fully saturated rings. The Bertz CT molecular complexity index is 752. The van der Waals surface area contributed by atoms with Crippen LogP contribution in [0.1, 0.15) is 63.0 Å². The predicted molar refractivity (Wildman–Crippen MR) is 129 cm³/mol. The van der Waals surface area contributed by atoms with Crippen LogP contribution < -0.4 is 0 Å². The van der Waals surface area contributed by atoms with Crippen molar-refractivity contribution < 1.29 is 9.47 Å². The minimum atomic E-state index is 0.0661. The van der Waals surface area contributed by atoms with Crippen LogP contribution in [0, 0.1) is 0 Å². The average Bonchev–Trinajstić information content (AvgIpc) is 2.97. The number of ether oxygens (including phenoxy) is 2. The van der Waals surface area contributed by atoms with Crippen molar-refractivity contribution in [3.05, 3.63) is 56.5 Å². The molecule has 1 aliphatic carbocycles. The predicted octanol–water partition coefficient (Wildman–Crippen LogP) is 7.89. The van der Waals surface area contributed by atoms with Gasteiger partial charge in [0, 0.05) is 28.1 Å². The molecule has 0 aliphatic heterocycles. The molecule has 158 valence electrons. The molecule has 0 radical (unpaired) electrons. The molecule has 0 saturated heterocycles. The zero-order valence-electron chi connectivity index (χ0n) is 17.6. The number of unbranched alkanes of at least 4 members (excludes halogenated alkanes) is 3. The average molecular weight is 524 g/mol.